The molecule has 0 heterocycles. The SMILES string of the molecule is Cc1cc(N(CC2CC2)CC2CC2)c(Br)cc1N. The van der Waals surface area contributed by atoms with Crippen molar-refractivity contribution >= 4 is 27.3 Å². The van der Waals surface area contributed by atoms with Crippen LogP contribution in [0.4, 0.5) is 11.4 Å². The maximum absolute atomic E-state index is 5.97. The third-order valence-corrected chi connectivity index (χ3v) is 4.66. The van der Waals surface area contributed by atoms with Crippen LogP contribution in [0.3, 0.4) is 0 Å². The van der Waals surface area contributed by atoms with Crippen molar-refractivity contribution in [1.82, 2.24) is 0 Å². The van der Waals surface area contributed by atoms with E-state index in [1.165, 1.54) is 50.0 Å². The van der Waals surface area contributed by atoms with Crippen LogP contribution in [0.25, 0.3) is 0 Å². The first kappa shape index (κ1) is 12.3. The van der Waals surface area contributed by atoms with Crippen molar-refractivity contribution in [2.75, 3.05) is 23.7 Å². The predicted octanol–water partition coefficient (Wildman–Crippen LogP) is 3.97. The van der Waals surface area contributed by atoms with Crippen molar-refractivity contribution in [1.29, 1.82) is 0 Å². The lowest BCUT2D eigenvalue weighted by Gasteiger charge is -2.27. The molecule has 0 spiro atoms. The Labute approximate surface area is 118 Å². The number of benzene rings is 1. The maximum atomic E-state index is 5.97. The molecule has 3 rings (SSSR count). The summed E-state index contributed by atoms with van der Waals surface area (Å²) in [6, 6.07) is 4.29. The normalized spacial score (nSPS) is 19.0. The molecular weight excluding hydrogens is 288 g/mol. The Morgan fingerprint density at radius 3 is 2.22 bits per heavy atom. The van der Waals surface area contributed by atoms with E-state index in [2.05, 4.69) is 39.9 Å². The quantitative estimate of drug-likeness (QED) is 0.834. The van der Waals surface area contributed by atoms with Crippen LogP contribution in [0.15, 0.2) is 16.6 Å². The van der Waals surface area contributed by atoms with E-state index in [-0.39, 0.29) is 0 Å². The van der Waals surface area contributed by atoms with Crippen molar-refractivity contribution in [3.8, 4) is 0 Å². The molecule has 2 N–H and O–H groups in total. The number of hydrogen-bond donors (Lipinski definition) is 1. The highest BCUT2D eigenvalue weighted by Gasteiger charge is 2.30. The van der Waals surface area contributed by atoms with Crippen LogP contribution in [0.5, 0.6) is 0 Å². The van der Waals surface area contributed by atoms with Crippen LogP contribution >= 0.6 is 15.9 Å². The van der Waals surface area contributed by atoms with Gasteiger partial charge in [0.2, 0.25) is 0 Å². The summed E-state index contributed by atoms with van der Waals surface area (Å²) in [6.45, 7) is 4.54. The van der Waals surface area contributed by atoms with Gasteiger partial charge in [-0.1, -0.05) is 0 Å². The molecule has 0 bridgehead atoms. The second-order valence-corrected chi connectivity index (χ2v) is 6.81. The summed E-state index contributed by atoms with van der Waals surface area (Å²) >= 11 is 3.68. The van der Waals surface area contributed by atoms with Crippen molar-refractivity contribution in [2.45, 2.75) is 32.6 Å². The first-order chi connectivity index (χ1) is 8.63. The highest BCUT2D eigenvalue weighted by molar-refractivity contribution is 9.10. The molecule has 0 amide bonds. The third kappa shape index (κ3) is 2.82. The van der Waals surface area contributed by atoms with E-state index in [1.54, 1.807) is 0 Å². The fraction of sp³-hybridized carbons (Fsp3) is 0.600. The van der Waals surface area contributed by atoms with Crippen LogP contribution in [0.2, 0.25) is 0 Å². The molecule has 98 valence electrons. The van der Waals surface area contributed by atoms with Crippen molar-refractivity contribution < 1.29 is 0 Å². The highest BCUT2D eigenvalue weighted by Crippen LogP contribution is 2.39. The molecule has 0 aliphatic heterocycles. The molecule has 0 atom stereocenters. The Hall–Kier alpha value is -0.700. The summed E-state index contributed by atoms with van der Waals surface area (Å²) in [5.74, 6) is 1.85. The summed E-state index contributed by atoms with van der Waals surface area (Å²) in [4.78, 5) is 2.58. The number of nitrogens with zero attached hydrogens (tertiary/aromatic N) is 1. The summed E-state index contributed by atoms with van der Waals surface area (Å²) in [5.41, 5.74) is 9.37. The number of aryl methyl sites for hydroxylation is 1. The molecule has 1 aromatic rings. The standard InChI is InChI=1S/C15H21BrN2/c1-10-6-15(13(16)7-14(10)17)18(8-11-2-3-11)9-12-4-5-12/h6-7,11-12H,2-5,8-9,17H2,1H3. The fourth-order valence-corrected chi connectivity index (χ4v) is 3.03. The summed E-state index contributed by atoms with van der Waals surface area (Å²) in [5, 5.41) is 0. The molecule has 2 aliphatic carbocycles. The number of anilines is 2. The van der Waals surface area contributed by atoms with Gasteiger partial charge in [-0.15, -0.1) is 0 Å². The lowest BCUT2D eigenvalue weighted by atomic mass is 10.1. The summed E-state index contributed by atoms with van der Waals surface area (Å²) < 4.78 is 1.15. The monoisotopic (exact) mass is 308 g/mol. The van der Waals surface area contributed by atoms with E-state index in [9.17, 15) is 0 Å². The van der Waals surface area contributed by atoms with E-state index < -0.39 is 0 Å². The van der Waals surface area contributed by atoms with E-state index in [0.717, 1.165) is 22.0 Å². The molecule has 2 nitrogen and oxygen atoms in total. The first-order valence-electron chi connectivity index (χ1n) is 6.94. The van der Waals surface area contributed by atoms with Gasteiger partial charge in [-0.25, -0.2) is 0 Å². The van der Waals surface area contributed by atoms with Gasteiger partial charge in [-0.05, 0) is 78.1 Å². The largest absolute Gasteiger partial charge is 0.398 e. The number of rotatable bonds is 5. The number of nitrogen functional groups attached to an aromatic ring is 1. The van der Waals surface area contributed by atoms with Crippen LogP contribution in [-0.4, -0.2) is 13.1 Å². The minimum atomic E-state index is 0.878. The molecule has 0 radical (unpaired) electrons. The third-order valence-electron chi connectivity index (χ3n) is 4.03. The van der Waals surface area contributed by atoms with Crippen LogP contribution < -0.4 is 10.6 Å². The summed E-state index contributed by atoms with van der Waals surface area (Å²) in [6.07, 6.45) is 5.64. The number of hydrogen-bond acceptors (Lipinski definition) is 2. The van der Waals surface area contributed by atoms with Gasteiger partial charge >= 0.3 is 0 Å². The maximum Gasteiger partial charge on any atom is 0.0515 e. The van der Waals surface area contributed by atoms with Gasteiger partial charge in [0.15, 0.2) is 0 Å². The zero-order chi connectivity index (χ0) is 12.7. The van der Waals surface area contributed by atoms with Gasteiger partial charge < -0.3 is 10.6 Å². The van der Waals surface area contributed by atoms with Gasteiger partial charge in [0.1, 0.15) is 0 Å². The number of nitrogens with two attached hydrogens (primary N) is 1. The van der Waals surface area contributed by atoms with E-state index in [4.69, 9.17) is 5.73 Å². The Morgan fingerprint density at radius 1 is 1.17 bits per heavy atom. The van der Waals surface area contributed by atoms with Crippen molar-refractivity contribution in [2.24, 2.45) is 11.8 Å². The van der Waals surface area contributed by atoms with Gasteiger partial charge in [-0.3, -0.25) is 0 Å². The van der Waals surface area contributed by atoms with Crippen molar-refractivity contribution in [3.05, 3.63) is 22.2 Å². The van der Waals surface area contributed by atoms with Crippen LogP contribution in [-0.2, 0) is 0 Å². The lowest BCUT2D eigenvalue weighted by Crippen LogP contribution is -2.28. The van der Waals surface area contributed by atoms with E-state index in [0.29, 0.717) is 0 Å². The zero-order valence-electron chi connectivity index (χ0n) is 11.0. The Bertz CT molecular complexity index is 436. The molecule has 0 aromatic heterocycles. The molecule has 2 aliphatic rings. The van der Waals surface area contributed by atoms with Gasteiger partial charge in [-0.2, -0.15) is 0 Å². The molecule has 2 saturated carbocycles. The van der Waals surface area contributed by atoms with Crippen LogP contribution in [0.1, 0.15) is 31.2 Å². The summed E-state index contributed by atoms with van der Waals surface area (Å²) in [7, 11) is 0. The topological polar surface area (TPSA) is 29.3 Å². The van der Waals surface area contributed by atoms with Crippen LogP contribution in [0, 0.1) is 18.8 Å². The predicted molar refractivity (Wildman–Crippen MR) is 81.0 cm³/mol. The highest BCUT2D eigenvalue weighted by atomic mass is 79.9. The molecular formula is C15H21BrN2. The minimum absolute atomic E-state index is 0.878. The zero-order valence-corrected chi connectivity index (χ0v) is 12.5. The fourth-order valence-electron chi connectivity index (χ4n) is 2.42. The van der Waals surface area contributed by atoms with E-state index >= 15 is 0 Å². The Morgan fingerprint density at radius 2 is 1.72 bits per heavy atom. The van der Waals surface area contributed by atoms with Crippen molar-refractivity contribution in [3.63, 3.8) is 0 Å². The second-order valence-electron chi connectivity index (χ2n) is 5.95. The molecule has 3 heteroatoms. The Balaban J connectivity index is 1.84. The minimum Gasteiger partial charge on any atom is -0.398 e. The molecule has 0 unspecified atom stereocenters. The first-order valence-corrected chi connectivity index (χ1v) is 7.73. The average molecular weight is 309 g/mol. The molecule has 18 heavy (non-hydrogen) atoms. The molecule has 1 aromatic carbocycles. The van der Waals surface area contributed by atoms with Gasteiger partial charge in [0.05, 0.1) is 5.69 Å². The molecule has 0 saturated heterocycles. The second kappa shape index (κ2) is 4.76. The smallest absolute Gasteiger partial charge is 0.0515 e. The Kier molecular flexibility index (Phi) is 3.27. The van der Waals surface area contributed by atoms with Gasteiger partial charge in [0.25, 0.3) is 0 Å². The van der Waals surface area contributed by atoms with Gasteiger partial charge in [0, 0.05) is 23.2 Å². The van der Waals surface area contributed by atoms with E-state index in [1.807, 2.05) is 0 Å². The number of halogens is 1. The molecule has 2 fully saturated rings. The lowest BCUT2D eigenvalue weighted by molar-refractivity contribution is 0.678. The average Bonchev–Trinajstić information content (AvgIpc) is 3.17.